The van der Waals surface area contributed by atoms with Gasteiger partial charge < -0.3 is 4.57 Å². The van der Waals surface area contributed by atoms with E-state index < -0.39 is 12.7 Å². The first kappa shape index (κ1) is 17.3. The largest absolute Gasteiger partial charge is 0.406 e. The van der Waals surface area contributed by atoms with Crippen LogP contribution in [0.4, 0.5) is 13.2 Å². The highest BCUT2D eigenvalue weighted by Crippen LogP contribution is 2.32. The molecule has 9 heteroatoms. The average molecular weight is 382 g/mol. The Bertz CT molecular complexity index is 1000. The molecule has 5 nitrogen and oxygen atoms in total. The summed E-state index contributed by atoms with van der Waals surface area (Å²) in [6.45, 7) is -1.16. The fourth-order valence-corrected chi connectivity index (χ4v) is 4.67. The number of thiophene rings is 1. The molecule has 0 spiro atoms. The van der Waals surface area contributed by atoms with Crippen molar-refractivity contribution in [2.24, 2.45) is 0 Å². The highest BCUT2D eigenvalue weighted by Gasteiger charge is 2.29. The molecule has 0 N–H and O–H groups in total. The summed E-state index contributed by atoms with van der Waals surface area (Å²) in [7, 11) is 0. The third-order valence-electron chi connectivity index (χ3n) is 4.65. The first-order valence-electron chi connectivity index (χ1n) is 8.49. The van der Waals surface area contributed by atoms with Crippen LogP contribution in [0.1, 0.15) is 35.5 Å². The van der Waals surface area contributed by atoms with E-state index in [-0.39, 0.29) is 17.9 Å². The second-order valence-corrected chi connectivity index (χ2v) is 7.59. The lowest BCUT2D eigenvalue weighted by atomic mass is 10.1. The van der Waals surface area contributed by atoms with Crippen molar-refractivity contribution in [2.45, 2.75) is 51.4 Å². The smallest absolute Gasteiger partial charge is 0.324 e. The van der Waals surface area contributed by atoms with E-state index in [1.165, 1.54) is 28.2 Å². The van der Waals surface area contributed by atoms with Gasteiger partial charge in [0.05, 0.1) is 18.3 Å². The van der Waals surface area contributed by atoms with E-state index in [9.17, 15) is 18.0 Å². The first-order chi connectivity index (χ1) is 12.4. The summed E-state index contributed by atoms with van der Waals surface area (Å²) in [6, 6.07) is 0. The summed E-state index contributed by atoms with van der Waals surface area (Å²) in [5, 5.41) is 0.628. The lowest BCUT2D eigenvalue weighted by Gasteiger charge is -2.11. The number of aryl methyl sites for hydroxylation is 2. The van der Waals surface area contributed by atoms with Crippen molar-refractivity contribution in [1.29, 1.82) is 0 Å². The maximum atomic E-state index is 13.0. The minimum absolute atomic E-state index is 0.0323. The van der Waals surface area contributed by atoms with Gasteiger partial charge in [0.25, 0.3) is 5.56 Å². The Morgan fingerprint density at radius 2 is 1.92 bits per heavy atom. The van der Waals surface area contributed by atoms with Crippen LogP contribution in [0.2, 0.25) is 0 Å². The van der Waals surface area contributed by atoms with Gasteiger partial charge in [-0.1, -0.05) is 6.42 Å². The minimum atomic E-state index is -4.34. The quantitative estimate of drug-likeness (QED) is 0.651. The van der Waals surface area contributed by atoms with Crippen LogP contribution in [0.25, 0.3) is 10.2 Å². The summed E-state index contributed by atoms with van der Waals surface area (Å²) in [4.78, 5) is 23.3. The molecule has 138 valence electrons. The van der Waals surface area contributed by atoms with Gasteiger partial charge in [-0.3, -0.25) is 9.36 Å². The lowest BCUT2D eigenvalue weighted by Crippen LogP contribution is -2.25. The molecule has 1 aliphatic carbocycles. The van der Waals surface area contributed by atoms with E-state index in [0.717, 1.165) is 47.1 Å². The topological polar surface area (TPSA) is 52.7 Å². The highest BCUT2D eigenvalue weighted by atomic mass is 32.1. The van der Waals surface area contributed by atoms with Crippen molar-refractivity contribution in [2.75, 3.05) is 0 Å². The zero-order chi connectivity index (χ0) is 18.3. The maximum Gasteiger partial charge on any atom is 0.406 e. The standard InChI is InChI=1S/C17H17F3N4OS/c18-17(19,20)9-23-7-6-21-13(23)8-24-10-22-15-14(16(24)25)11-4-2-1-3-5-12(11)26-15/h6-7,10H,1-5,8-9H2. The van der Waals surface area contributed by atoms with Crippen LogP contribution in [0, 0.1) is 0 Å². The number of halogens is 3. The number of imidazole rings is 1. The third-order valence-corrected chi connectivity index (χ3v) is 5.85. The van der Waals surface area contributed by atoms with Crippen LogP contribution in [0.15, 0.2) is 23.5 Å². The molecular formula is C17H17F3N4OS. The second kappa shape index (κ2) is 6.53. The van der Waals surface area contributed by atoms with Gasteiger partial charge in [0.15, 0.2) is 0 Å². The van der Waals surface area contributed by atoms with Crippen molar-refractivity contribution in [3.8, 4) is 0 Å². The van der Waals surface area contributed by atoms with Crippen molar-refractivity contribution in [3.63, 3.8) is 0 Å². The molecule has 0 saturated heterocycles. The van der Waals surface area contributed by atoms with Gasteiger partial charge >= 0.3 is 6.18 Å². The normalized spacial score (nSPS) is 15.2. The van der Waals surface area contributed by atoms with E-state index in [2.05, 4.69) is 9.97 Å². The number of rotatable bonds is 3. The third kappa shape index (κ3) is 3.27. The van der Waals surface area contributed by atoms with Crippen LogP contribution < -0.4 is 5.56 Å². The Morgan fingerprint density at radius 1 is 1.12 bits per heavy atom. The molecule has 4 rings (SSSR count). The summed E-state index contributed by atoms with van der Waals surface area (Å²) < 4.78 is 40.4. The molecule has 0 bridgehead atoms. The molecule has 0 fully saturated rings. The lowest BCUT2D eigenvalue weighted by molar-refractivity contribution is -0.141. The fraction of sp³-hybridized carbons (Fsp3) is 0.471. The van der Waals surface area contributed by atoms with E-state index in [0.29, 0.717) is 5.39 Å². The van der Waals surface area contributed by atoms with Gasteiger partial charge in [-0.05, 0) is 31.2 Å². The molecule has 0 saturated carbocycles. The van der Waals surface area contributed by atoms with E-state index in [4.69, 9.17) is 0 Å². The molecule has 3 aromatic heterocycles. The van der Waals surface area contributed by atoms with Crippen LogP contribution in [-0.4, -0.2) is 25.3 Å². The zero-order valence-corrected chi connectivity index (χ0v) is 14.7. The molecule has 26 heavy (non-hydrogen) atoms. The Labute approximate surface area is 151 Å². The summed E-state index contributed by atoms with van der Waals surface area (Å²) in [5.41, 5.74) is 0.879. The number of aromatic nitrogens is 4. The van der Waals surface area contributed by atoms with Crippen LogP contribution in [0.5, 0.6) is 0 Å². The summed E-state index contributed by atoms with van der Waals surface area (Å²) in [6.07, 6.45) is 4.79. The second-order valence-electron chi connectivity index (χ2n) is 6.51. The van der Waals surface area contributed by atoms with Gasteiger partial charge in [0, 0.05) is 17.3 Å². The highest BCUT2D eigenvalue weighted by molar-refractivity contribution is 7.18. The number of nitrogens with zero attached hydrogens (tertiary/aromatic N) is 4. The Kier molecular flexibility index (Phi) is 4.34. The fourth-order valence-electron chi connectivity index (χ4n) is 3.45. The van der Waals surface area contributed by atoms with Gasteiger partial charge in [-0.25, -0.2) is 9.97 Å². The number of alkyl halides is 3. The summed E-state index contributed by atoms with van der Waals surface area (Å²) in [5.74, 6) is 0.187. The number of hydrogen-bond donors (Lipinski definition) is 0. The SMILES string of the molecule is O=c1c2c3c(sc2ncn1Cc1nccn1CC(F)(F)F)CCCCC3. The first-order valence-corrected chi connectivity index (χ1v) is 9.30. The van der Waals surface area contributed by atoms with Crippen molar-refractivity contribution >= 4 is 21.6 Å². The molecule has 3 heterocycles. The Balaban J connectivity index is 1.72. The average Bonchev–Trinajstić information content (AvgIpc) is 3.06. The summed E-state index contributed by atoms with van der Waals surface area (Å²) >= 11 is 1.56. The van der Waals surface area contributed by atoms with Crippen LogP contribution in [-0.2, 0) is 25.9 Å². The molecule has 1 aliphatic rings. The van der Waals surface area contributed by atoms with Crippen molar-refractivity contribution in [3.05, 3.63) is 45.3 Å². The predicted molar refractivity (Wildman–Crippen MR) is 92.5 cm³/mol. The minimum Gasteiger partial charge on any atom is -0.324 e. The van der Waals surface area contributed by atoms with E-state index >= 15 is 0 Å². The number of fused-ring (bicyclic) bond motifs is 3. The van der Waals surface area contributed by atoms with E-state index in [1.807, 2.05) is 0 Å². The Morgan fingerprint density at radius 3 is 2.73 bits per heavy atom. The Hall–Kier alpha value is -2.16. The molecule has 3 aromatic rings. The van der Waals surface area contributed by atoms with Gasteiger partial charge in [-0.2, -0.15) is 13.2 Å². The van der Waals surface area contributed by atoms with Gasteiger partial charge in [0.1, 0.15) is 17.2 Å². The molecular weight excluding hydrogens is 365 g/mol. The molecule has 0 unspecified atom stereocenters. The van der Waals surface area contributed by atoms with Crippen molar-refractivity contribution < 1.29 is 13.2 Å². The predicted octanol–water partition coefficient (Wildman–Crippen LogP) is 3.53. The van der Waals surface area contributed by atoms with E-state index in [1.54, 1.807) is 11.3 Å². The van der Waals surface area contributed by atoms with Crippen LogP contribution in [0.3, 0.4) is 0 Å². The molecule has 0 radical (unpaired) electrons. The molecule has 0 aliphatic heterocycles. The molecule has 0 amide bonds. The molecule has 0 aromatic carbocycles. The zero-order valence-electron chi connectivity index (χ0n) is 13.9. The van der Waals surface area contributed by atoms with Crippen LogP contribution >= 0.6 is 11.3 Å². The maximum absolute atomic E-state index is 13.0. The van der Waals surface area contributed by atoms with Gasteiger partial charge in [0.2, 0.25) is 0 Å². The monoisotopic (exact) mass is 382 g/mol. The van der Waals surface area contributed by atoms with Gasteiger partial charge in [-0.15, -0.1) is 11.3 Å². The number of hydrogen-bond acceptors (Lipinski definition) is 4. The van der Waals surface area contributed by atoms with Crippen molar-refractivity contribution in [1.82, 2.24) is 19.1 Å². The molecule has 0 atom stereocenters.